The first-order chi connectivity index (χ1) is 8.08. The van der Waals surface area contributed by atoms with Crippen molar-refractivity contribution in [2.24, 2.45) is 5.41 Å². The Morgan fingerprint density at radius 3 is 2.17 bits per heavy atom. The molecule has 1 fully saturated rings. The zero-order valence-electron chi connectivity index (χ0n) is 11.9. The summed E-state index contributed by atoms with van der Waals surface area (Å²) >= 11 is 0. The summed E-state index contributed by atoms with van der Waals surface area (Å²) < 4.78 is 23.2. The maximum absolute atomic E-state index is 12.2. The monoisotopic (exact) mass is 275 g/mol. The van der Waals surface area contributed by atoms with Gasteiger partial charge in [-0.3, -0.25) is 4.79 Å². The van der Waals surface area contributed by atoms with Crippen LogP contribution < -0.4 is 5.32 Å². The molecular weight excluding hydrogens is 250 g/mol. The molecule has 0 unspecified atom stereocenters. The number of ketones is 1. The zero-order chi connectivity index (χ0) is 14.0. The van der Waals surface area contributed by atoms with Crippen LogP contribution in [0.25, 0.3) is 0 Å². The van der Waals surface area contributed by atoms with Gasteiger partial charge < -0.3 is 5.32 Å². The van der Waals surface area contributed by atoms with Crippen LogP contribution in [0.15, 0.2) is 0 Å². The molecule has 0 bridgehead atoms. The molecule has 5 heteroatoms. The SMILES string of the molecule is CC1(C(=O)CCS(=O)(=O)C(C)(C)C)CCNCC1. The largest absolute Gasteiger partial charge is 0.317 e. The molecule has 1 rings (SSSR count). The third-order valence-corrected chi connectivity index (χ3v) is 6.52. The molecule has 0 aliphatic carbocycles. The van der Waals surface area contributed by atoms with Gasteiger partial charge in [0.05, 0.1) is 10.5 Å². The fourth-order valence-corrected chi connectivity index (χ4v) is 3.16. The minimum absolute atomic E-state index is 0.0294. The number of Topliss-reactive ketones (excluding diaryl/α,β-unsaturated/α-hetero) is 1. The average Bonchev–Trinajstić information content (AvgIpc) is 2.25. The Balaban J connectivity index is 2.61. The van der Waals surface area contributed by atoms with Crippen molar-refractivity contribution < 1.29 is 13.2 Å². The van der Waals surface area contributed by atoms with Crippen LogP contribution >= 0.6 is 0 Å². The Kier molecular flexibility index (Phi) is 4.60. The molecule has 4 nitrogen and oxygen atoms in total. The molecule has 0 amide bonds. The topological polar surface area (TPSA) is 63.2 Å². The number of rotatable bonds is 4. The molecule has 1 heterocycles. The second-order valence-corrected chi connectivity index (χ2v) is 9.28. The molecule has 1 N–H and O–H groups in total. The van der Waals surface area contributed by atoms with Gasteiger partial charge in [-0.15, -0.1) is 0 Å². The molecule has 0 aromatic heterocycles. The first-order valence-corrected chi connectivity index (χ1v) is 8.20. The highest BCUT2D eigenvalue weighted by atomic mass is 32.2. The lowest BCUT2D eigenvalue weighted by Crippen LogP contribution is -2.41. The van der Waals surface area contributed by atoms with Crippen molar-refractivity contribution in [3.8, 4) is 0 Å². The maximum atomic E-state index is 12.2. The smallest absolute Gasteiger partial charge is 0.155 e. The summed E-state index contributed by atoms with van der Waals surface area (Å²) in [5.41, 5.74) is -0.335. The zero-order valence-corrected chi connectivity index (χ0v) is 12.7. The predicted molar refractivity (Wildman–Crippen MR) is 73.4 cm³/mol. The van der Waals surface area contributed by atoms with Crippen molar-refractivity contribution in [1.82, 2.24) is 5.32 Å². The van der Waals surface area contributed by atoms with E-state index in [2.05, 4.69) is 5.32 Å². The quantitative estimate of drug-likeness (QED) is 0.845. The van der Waals surface area contributed by atoms with Gasteiger partial charge in [0, 0.05) is 11.8 Å². The third kappa shape index (κ3) is 3.54. The molecule has 0 aromatic carbocycles. The van der Waals surface area contributed by atoms with E-state index in [1.54, 1.807) is 20.8 Å². The number of carbonyl (C=O) groups excluding carboxylic acids is 1. The lowest BCUT2D eigenvalue weighted by atomic mass is 9.76. The highest BCUT2D eigenvalue weighted by Gasteiger charge is 2.36. The second kappa shape index (κ2) is 5.29. The van der Waals surface area contributed by atoms with Crippen LogP contribution in [0.5, 0.6) is 0 Å². The Bertz CT molecular complexity index is 400. The predicted octanol–water partition coefficient (Wildman–Crippen LogP) is 1.55. The lowest BCUT2D eigenvalue weighted by Gasteiger charge is -2.32. The molecule has 106 valence electrons. The van der Waals surface area contributed by atoms with Gasteiger partial charge in [-0.25, -0.2) is 8.42 Å². The van der Waals surface area contributed by atoms with Crippen molar-refractivity contribution in [1.29, 1.82) is 0 Å². The summed E-state index contributed by atoms with van der Waals surface area (Å²) in [6.45, 7) is 8.68. The van der Waals surface area contributed by atoms with Crippen LogP contribution in [-0.2, 0) is 14.6 Å². The van der Waals surface area contributed by atoms with Gasteiger partial charge in [0.2, 0.25) is 0 Å². The molecule has 0 atom stereocenters. The molecule has 1 aliphatic rings. The standard InChI is InChI=1S/C13H25NO3S/c1-12(2,3)18(16,17)10-5-11(15)13(4)6-8-14-9-7-13/h14H,5-10H2,1-4H3. The van der Waals surface area contributed by atoms with Crippen molar-refractivity contribution in [2.45, 2.75) is 51.7 Å². The van der Waals surface area contributed by atoms with Crippen LogP contribution in [0.1, 0.15) is 47.0 Å². The number of hydrogen-bond acceptors (Lipinski definition) is 4. The molecule has 1 aliphatic heterocycles. The summed E-state index contributed by atoms with van der Waals surface area (Å²) in [4.78, 5) is 12.2. The van der Waals surface area contributed by atoms with E-state index in [1.165, 1.54) is 0 Å². The molecule has 18 heavy (non-hydrogen) atoms. The van der Waals surface area contributed by atoms with Gasteiger partial charge in [0.1, 0.15) is 5.78 Å². The van der Waals surface area contributed by atoms with E-state index in [0.29, 0.717) is 0 Å². The van der Waals surface area contributed by atoms with Crippen LogP contribution in [0.4, 0.5) is 0 Å². The maximum Gasteiger partial charge on any atom is 0.155 e. The number of carbonyl (C=O) groups is 1. The van der Waals surface area contributed by atoms with E-state index in [4.69, 9.17) is 0 Å². The van der Waals surface area contributed by atoms with E-state index < -0.39 is 14.6 Å². The van der Waals surface area contributed by atoms with Gasteiger partial charge in [0.15, 0.2) is 9.84 Å². The number of nitrogens with one attached hydrogen (secondary N) is 1. The molecule has 1 saturated heterocycles. The summed E-state index contributed by atoms with van der Waals surface area (Å²) in [6, 6.07) is 0. The second-order valence-electron chi connectivity index (χ2n) is 6.42. The van der Waals surface area contributed by atoms with Crippen molar-refractivity contribution in [2.75, 3.05) is 18.8 Å². The molecule has 0 saturated carbocycles. The average molecular weight is 275 g/mol. The Morgan fingerprint density at radius 1 is 1.22 bits per heavy atom. The number of sulfone groups is 1. The van der Waals surface area contributed by atoms with Gasteiger partial charge in [-0.2, -0.15) is 0 Å². The highest BCUT2D eigenvalue weighted by molar-refractivity contribution is 7.92. The van der Waals surface area contributed by atoms with Crippen LogP contribution in [0.2, 0.25) is 0 Å². The van der Waals surface area contributed by atoms with E-state index in [0.717, 1.165) is 25.9 Å². The number of piperidine rings is 1. The summed E-state index contributed by atoms with van der Waals surface area (Å²) in [5.74, 6) is 0.0649. The van der Waals surface area contributed by atoms with E-state index in [9.17, 15) is 13.2 Å². The molecule has 0 aromatic rings. The minimum Gasteiger partial charge on any atom is -0.317 e. The molecular formula is C13H25NO3S. The first kappa shape index (κ1) is 15.6. The van der Waals surface area contributed by atoms with Crippen molar-refractivity contribution >= 4 is 15.6 Å². The van der Waals surface area contributed by atoms with Crippen molar-refractivity contribution in [3.05, 3.63) is 0 Å². The molecule has 0 radical (unpaired) electrons. The van der Waals surface area contributed by atoms with Crippen LogP contribution in [0, 0.1) is 5.41 Å². The third-order valence-electron chi connectivity index (χ3n) is 3.91. The lowest BCUT2D eigenvalue weighted by molar-refractivity contribution is -0.128. The van der Waals surface area contributed by atoms with Gasteiger partial charge in [-0.1, -0.05) is 6.92 Å². The Labute approximate surface area is 110 Å². The van der Waals surface area contributed by atoms with Crippen molar-refractivity contribution in [3.63, 3.8) is 0 Å². The Hall–Kier alpha value is -0.420. The van der Waals surface area contributed by atoms with Gasteiger partial charge in [0.25, 0.3) is 0 Å². The van der Waals surface area contributed by atoms with Crippen LogP contribution in [-0.4, -0.2) is 37.8 Å². The minimum atomic E-state index is -3.19. The van der Waals surface area contributed by atoms with E-state index in [-0.39, 0.29) is 23.4 Å². The molecule has 0 spiro atoms. The fraction of sp³-hybridized carbons (Fsp3) is 0.923. The fourth-order valence-electron chi connectivity index (χ4n) is 2.09. The number of hydrogen-bond donors (Lipinski definition) is 1. The first-order valence-electron chi connectivity index (χ1n) is 6.55. The van der Waals surface area contributed by atoms with Gasteiger partial charge >= 0.3 is 0 Å². The van der Waals surface area contributed by atoms with E-state index in [1.807, 2.05) is 6.92 Å². The summed E-state index contributed by atoms with van der Waals surface area (Å²) in [6.07, 6.45) is 1.76. The van der Waals surface area contributed by atoms with Crippen LogP contribution in [0.3, 0.4) is 0 Å². The highest BCUT2D eigenvalue weighted by Crippen LogP contribution is 2.31. The summed E-state index contributed by atoms with van der Waals surface area (Å²) in [7, 11) is -3.19. The summed E-state index contributed by atoms with van der Waals surface area (Å²) in [5, 5.41) is 3.22. The Morgan fingerprint density at radius 2 is 1.72 bits per heavy atom. The van der Waals surface area contributed by atoms with Gasteiger partial charge in [-0.05, 0) is 46.7 Å². The van der Waals surface area contributed by atoms with E-state index >= 15 is 0 Å². The normalized spacial score (nSPS) is 20.7.